The first kappa shape index (κ1) is 21.0. The Labute approximate surface area is 180 Å². The van der Waals surface area contributed by atoms with E-state index in [1.165, 1.54) is 11.6 Å². The molecule has 4 nitrogen and oxygen atoms in total. The number of benzene rings is 2. The van der Waals surface area contributed by atoms with Crippen molar-refractivity contribution in [2.24, 2.45) is 5.10 Å². The average molecular weight is 439 g/mol. The molecule has 1 atom stereocenters. The summed E-state index contributed by atoms with van der Waals surface area (Å²) in [5.74, 6) is 0.0233. The molecule has 0 aromatic heterocycles. The molecule has 0 fully saturated rings. The van der Waals surface area contributed by atoms with E-state index in [1.807, 2.05) is 12.1 Å². The van der Waals surface area contributed by atoms with Crippen LogP contribution < -0.4 is 10.3 Å². The Morgan fingerprint density at radius 2 is 1.89 bits per heavy atom. The van der Waals surface area contributed by atoms with Gasteiger partial charge in [-0.3, -0.25) is 4.79 Å². The zero-order valence-electron chi connectivity index (χ0n) is 16.2. The van der Waals surface area contributed by atoms with Crippen molar-refractivity contribution in [1.29, 1.82) is 0 Å². The van der Waals surface area contributed by atoms with Crippen molar-refractivity contribution in [2.45, 2.75) is 38.6 Å². The summed E-state index contributed by atoms with van der Waals surface area (Å²) < 4.78 is 0. The summed E-state index contributed by atoms with van der Waals surface area (Å²) in [5.41, 5.74) is 6.05. The molecule has 0 saturated carbocycles. The van der Waals surface area contributed by atoms with Crippen LogP contribution in [0, 0.1) is 0 Å². The fourth-order valence-electron chi connectivity index (χ4n) is 3.57. The van der Waals surface area contributed by atoms with Crippen molar-refractivity contribution in [3.8, 4) is 0 Å². The van der Waals surface area contributed by atoms with Gasteiger partial charge in [-0.15, -0.1) is 0 Å². The van der Waals surface area contributed by atoms with Crippen LogP contribution in [0.1, 0.15) is 54.6 Å². The minimum atomic E-state index is -0.376. The molecule has 7 heteroatoms. The first-order valence-corrected chi connectivity index (χ1v) is 10.1. The predicted molar refractivity (Wildman–Crippen MR) is 118 cm³/mol. The Morgan fingerprint density at radius 1 is 1.18 bits per heavy atom. The van der Waals surface area contributed by atoms with Gasteiger partial charge in [-0.25, -0.2) is 5.43 Å². The molecular formula is C21H22Cl3N3O. The lowest BCUT2D eigenvalue weighted by Crippen LogP contribution is -2.45. The molecule has 148 valence electrons. The molecule has 2 aromatic rings. The predicted octanol–water partition coefficient (Wildman–Crippen LogP) is 6.13. The van der Waals surface area contributed by atoms with Gasteiger partial charge in [-0.2, -0.15) is 5.10 Å². The van der Waals surface area contributed by atoms with Crippen molar-refractivity contribution in [3.05, 3.63) is 62.1 Å². The minimum Gasteiger partial charge on any atom is -0.369 e. The standard InChI is InChI=1S/C21H22Cl3N3O/c1-12-10-21(2,3)27(4)19-9-17(23)14(7-15(12)19)11-25-26-20(28)13-5-6-16(22)18(24)8-13/h5-9,11-12H,10H2,1-4H3,(H,26,28)/b25-11-/t12-/m0/s1. The van der Waals surface area contributed by atoms with Crippen LogP contribution in [0.3, 0.4) is 0 Å². The lowest BCUT2D eigenvalue weighted by atomic mass is 9.80. The number of hydrogen-bond acceptors (Lipinski definition) is 3. The summed E-state index contributed by atoms with van der Waals surface area (Å²) in [6, 6.07) is 8.67. The second-order valence-corrected chi connectivity index (χ2v) is 8.96. The first-order valence-electron chi connectivity index (χ1n) is 8.96. The summed E-state index contributed by atoms with van der Waals surface area (Å²) in [6.07, 6.45) is 2.60. The highest BCUT2D eigenvalue weighted by molar-refractivity contribution is 6.42. The quantitative estimate of drug-likeness (QED) is 0.462. The van der Waals surface area contributed by atoms with Crippen LogP contribution in [0.25, 0.3) is 0 Å². The molecule has 0 radical (unpaired) electrons. The molecule has 1 heterocycles. The minimum absolute atomic E-state index is 0.0686. The Kier molecular flexibility index (Phi) is 5.95. The van der Waals surface area contributed by atoms with Crippen LogP contribution in [0.5, 0.6) is 0 Å². The third-order valence-corrected chi connectivity index (χ3v) is 6.37. The van der Waals surface area contributed by atoms with Gasteiger partial charge >= 0.3 is 0 Å². The number of nitrogens with zero attached hydrogens (tertiary/aromatic N) is 2. The van der Waals surface area contributed by atoms with Crippen molar-refractivity contribution in [3.63, 3.8) is 0 Å². The maximum Gasteiger partial charge on any atom is 0.271 e. The molecule has 1 aliphatic heterocycles. The smallest absolute Gasteiger partial charge is 0.271 e. The highest BCUT2D eigenvalue weighted by Gasteiger charge is 2.34. The number of amides is 1. The van der Waals surface area contributed by atoms with E-state index in [9.17, 15) is 4.79 Å². The molecule has 2 aromatic carbocycles. The van der Waals surface area contributed by atoms with E-state index < -0.39 is 0 Å². The van der Waals surface area contributed by atoms with Gasteiger partial charge in [0.2, 0.25) is 0 Å². The molecule has 28 heavy (non-hydrogen) atoms. The van der Waals surface area contributed by atoms with Crippen molar-refractivity contribution >= 4 is 52.6 Å². The molecule has 0 aliphatic carbocycles. The van der Waals surface area contributed by atoms with Crippen molar-refractivity contribution in [2.75, 3.05) is 11.9 Å². The summed E-state index contributed by atoms with van der Waals surface area (Å²) in [7, 11) is 2.09. The molecule has 3 rings (SSSR count). The normalized spacial score (nSPS) is 18.2. The fraction of sp³-hybridized carbons (Fsp3) is 0.333. The lowest BCUT2D eigenvalue weighted by Gasteiger charge is -2.45. The molecule has 1 aliphatic rings. The van der Waals surface area contributed by atoms with Crippen molar-refractivity contribution in [1.82, 2.24) is 5.43 Å². The van der Waals surface area contributed by atoms with Gasteiger partial charge in [0.25, 0.3) is 5.91 Å². The van der Waals surface area contributed by atoms with E-state index in [0.717, 1.165) is 17.7 Å². The Balaban J connectivity index is 1.80. The van der Waals surface area contributed by atoms with Gasteiger partial charge in [-0.1, -0.05) is 41.7 Å². The zero-order chi connectivity index (χ0) is 20.6. The molecule has 0 unspecified atom stereocenters. The van der Waals surface area contributed by atoms with Gasteiger partial charge in [0, 0.05) is 29.4 Å². The molecule has 0 bridgehead atoms. The summed E-state index contributed by atoms with van der Waals surface area (Å²) in [4.78, 5) is 14.5. The summed E-state index contributed by atoms with van der Waals surface area (Å²) in [6.45, 7) is 6.68. The van der Waals surface area contributed by atoms with Crippen LogP contribution >= 0.6 is 34.8 Å². The number of nitrogens with one attached hydrogen (secondary N) is 1. The lowest BCUT2D eigenvalue weighted by molar-refractivity contribution is 0.0955. The monoisotopic (exact) mass is 437 g/mol. The van der Waals surface area contributed by atoms with E-state index in [1.54, 1.807) is 18.3 Å². The fourth-order valence-corrected chi connectivity index (χ4v) is 4.07. The Bertz CT molecular complexity index is 956. The number of carbonyl (C=O) groups is 1. The molecule has 1 amide bonds. The summed E-state index contributed by atoms with van der Waals surface area (Å²) in [5, 5.41) is 5.35. The number of hydrogen-bond donors (Lipinski definition) is 1. The van der Waals surface area contributed by atoms with E-state index in [2.05, 4.69) is 43.2 Å². The maximum absolute atomic E-state index is 12.2. The SMILES string of the molecule is C[C@H]1CC(C)(C)N(C)c2cc(Cl)c(/C=N\NC(=O)c3ccc(Cl)c(Cl)c3)cc21. The maximum atomic E-state index is 12.2. The van der Waals surface area contributed by atoms with Crippen LogP contribution in [0.4, 0.5) is 5.69 Å². The molecule has 0 saturated heterocycles. The van der Waals surface area contributed by atoms with E-state index in [4.69, 9.17) is 34.8 Å². The highest BCUT2D eigenvalue weighted by Crippen LogP contribution is 2.44. The Morgan fingerprint density at radius 3 is 2.57 bits per heavy atom. The second-order valence-electron chi connectivity index (χ2n) is 7.74. The highest BCUT2D eigenvalue weighted by atomic mass is 35.5. The largest absolute Gasteiger partial charge is 0.369 e. The Hall–Kier alpha value is -1.75. The average Bonchev–Trinajstić information content (AvgIpc) is 2.62. The molecule has 1 N–H and O–H groups in total. The van der Waals surface area contributed by atoms with Gasteiger partial charge in [0.15, 0.2) is 0 Å². The van der Waals surface area contributed by atoms with E-state index in [0.29, 0.717) is 26.5 Å². The van der Waals surface area contributed by atoms with E-state index in [-0.39, 0.29) is 11.4 Å². The van der Waals surface area contributed by atoms with Crippen LogP contribution in [-0.4, -0.2) is 24.7 Å². The second kappa shape index (κ2) is 7.94. The number of hydrazone groups is 1. The zero-order valence-corrected chi connectivity index (χ0v) is 18.5. The van der Waals surface area contributed by atoms with Crippen LogP contribution in [0.15, 0.2) is 35.4 Å². The molecular weight excluding hydrogens is 417 g/mol. The number of rotatable bonds is 3. The van der Waals surface area contributed by atoms with Crippen LogP contribution in [-0.2, 0) is 0 Å². The number of carbonyl (C=O) groups excluding carboxylic acids is 1. The number of halogens is 3. The van der Waals surface area contributed by atoms with Gasteiger partial charge in [-0.05, 0) is 62.1 Å². The third kappa shape index (κ3) is 4.14. The topological polar surface area (TPSA) is 44.7 Å². The van der Waals surface area contributed by atoms with Crippen LogP contribution in [0.2, 0.25) is 15.1 Å². The third-order valence-electron chi connectivity index (χ3n) is 5.30. The van der Waals surface area contributed by atoms with Crippen molar-refractivity contribution < 1.29 is 4.79 Å². The van der Waals surface area contributed by atoms with Gasteiger partial charge in [0.1, 0.15) is 0 Å². The molecule has 0 spiro atoms. The first-order chi connectivity index (χ1) is 13.1. The van der Waals surface area contributed by atoms with Gasteiger partial charge in [0.05, 0.1) is 21.3 Å². The van der Waals surface area contributed by atoms with Gasteiger partial charge < -0.3 is 4.90 Å². The number of anilines is 1. The summed E-state index contributed by atoms with van der Waals surface area (Å²) >= 11 is 18.3. The van der Waals surface area contributed by atoms with E-state index >= 15 is 0 Å². The number of fused-ring (bicyclic) bond motifs is 1.